The number of carboxylic acids is 1. The van der Waals surface area contributed by atoms with E-state index in [-0.39, 0.29) is 0 Å². The van der Waals surface area contributed by atoms with E-state index >= 15 is 0 Å². The number of carboxylic acid groups (broad SMARTS) is 1. The minimum atomic E-state index is -1.40. The summed E-state index contributed by atoms with van der Waals surface area (Å²) in [5, 5.41) is 12.5. The molecule has 0 aliphatic heterocycles. The van der Waals surface area contributed by atoms with E-state index in [9.17, 15) is 14.7 Å². The molecule has 0 radical (unpaired) electrons. The second-order valence-corrected chi connectivity index (χ2v) is 2.51. The number of para-hydroxylation sites is 1. The highest BCUT2D eigenvalue weighted by molar-refractivity contribution is 6.01. The number of anilines is 1. The highest BCUT2D eigenvalue weighted by atomic mass is 16.4. The molecule has 72 valence electrons. The summed E-state index contributed by atoms with van der Waals surface area (Å²) < 4.78 is 0. The van der Waals surface area contributed by atoms with Crippen molar-refractivity contribution in [1.29, 1.82) is 0 Å². The number of amides is 1. The average molecular weight is 190 g/mol. The smallest absolute Gasteiger partial charge is 0.248 e. The lowest BCUT2D eigenvalue weighted by Crippen LogP contribution is -2.20. The van der Waals surface area contributed by atoms with Crippen LogP contribution in [-0.2, 0) is 9.59 Å². The number of hydrogen-bond donors (Lipinski definition) is 1. The lowest BCUT2D eigenvalue weighted by Gasteiger charge is -2.00. The summed E-state index contributed by atoms with van der Waals surface area (Å²) in [5.41, 5.74) is 0.612. The highest BCUT2D eigenvalue weighted by Crippen LogP contribution is 2.04. The van der Waals surface area contributed by atoms with Crippen molar-refractivity contribution in [2.24, 2.45) is 0 Å². The molecule has 0 fully saturated rings. The van der Waals surface area contributed by atoms with Gasteiger partial charge >= 0.3 is 0 Å². The van der Waals surface area contributed by atoms with E-state index in [0.717, 1.165) is 6.08 Å². The molecule has 0 saturated carbocycles. The molecule has 0 atom stereocenters. The van der Waals surface area contributed by atoms with Crippen LogP contribution in [0.25, 0.3) is 0 Å². The van der Waals surface area contributed by atoms with E-state index < -0.39 is 11.9 Å². The van der Waals surface area contributed by atoms with Crippen molar-refractivity contribution in [3.63, 3.8) is 0 Å². The Morgan fingerprint density at radius 2 is 1.79 bits per heavy atom. The molecule has 0 aliphatic carbocycles. The largest absolute Gasteiger partial charge is 0.545 e. The minimum absolute atomic E-state index is 0.500. The van der Waals surface area contributed by atoms with Crippen molar-refractivity contribution in [3.05, 3.63) is 42.5 Å². The van der Waals surface area contributed by atoms with E-state index in [1.165, 1.54) is 0 Å². The van der Waals surface area contributed by atoms with E-state index in [1.54, 1.807) is 24.3 Å². The van der Waals surface area contributed by atoms with Crippen LogP contribution in [0.1, 0.15) is 0 Å². The molecule has 0 bridgehead atoms. The second-order valence-electron chi connectivity index (χ2n) is 2.51. The van der Waals surface area contributed by atoms with Gasteiger partial charge in [-0.15, -0.1) is 0 Å². The third-order valence-corrected chi connectivity index (χ3v) is 1.41. The maximum atomic E-state index is 11.0. The Balaban J connectivity index is 2.54. The van der Waals surface area contributed by atoms with Crippen LogP contribution in [0.4, 0.5) is 5.69 Å². The van der Waals surface area contributed by atoms with Gasteiger partial charge in [0.1, 0.15) is 0 Å². The quantitative estimate of drug-likeness (QED) is 0.678. The lowest BCUT2D eigenvalue weighted by molar-refractivity contribution is -0.297. The van der Waals surface area contributed by atoms with Crippen LogP contribution in [0.3, 0.4) is 0 Å². The Labute approximate surface area is 80.9 Å². The molecule has 1 aromatic rings. The number of carbonyl (C=O) groups excluding carboxylic acids is 2. The Kier molecular flexibility index (Phi) is 3.43. The number of rotatable bonds is 3. The van der Waals surface area contributed by atoms with E-state index in [2.05, 4.69) is 5.32 Å². The Hall–Kier alpha value is -2.10. The second kappa shape index (κ2) is 4.81. The van der Waals surface area contributed by atoms with Gasteiger partial charge < -0.3 is 15.2 Å². The summed E-state index contributed by atoms with van der Waals surface area (Å²) in [7, 11) is 0. The Morgan fingerprint density at radius 1 is 1.14 bits per heavy atom. The fourth-order valence-electron chi connectivity index (χ4n) is 0.849. The van der Waals surface area contributed by atoms with Crippen molar-refractivity contribution >= 4 is 17.6 Å². The fraction of sp³-hybridized carbons (Fsp3) is 0. The normalized spacial score (nSPS) is 10.0. The first kappa shape index (κ1) is 9.98. The first-order valence-electron chi connectivity index (χ1n) is 3.93. The van der Waals surface area contributed by atoms with E-state index in [1.807, 2.05) is 6.07 Å². The predicted octanol–water partition coefficient (Wildman–Crippen LogP) is -0.0688. The van der Waals surface area contributed by atoms with E-state index in [4.69, 9.17) is 0 Å². The van der Waals surface area contributed by atoms with Crippen LogP contribution in [0, 0.1) is 0 Å². The molecule has 4 nitrogen and oxygen atoms in total. The molecule has 1 N–H and O–H groups in total. The topological polar surface area (TPSA) is 69.2 Å². The molecule has 0 unspecified atom stereocenters. The van der Waals surface area contributed by atoms with Crippen LogP contribution < -0.4 is 10.4 Å². The van der Waals surface area contributed by atoms with Crippen molar-refractivity contribution < 1.29 is 14.7 Å². The summed E-state index contributed by atoms with van der Waals surface area (Å²) in [6.07, 6.45) is 1.58. The molecule has 0 aromatic heterocycles. The highest BCUT2D eigenvalue weighted by Gasteiger charge is 1.94. The molecule has 1 rings (SSSR count). The number of benzene rings is 1. The van der Waals surface area contributed by atoms with Gasteiger partial charge in [0.2, 0.25) is 5.91 Å². The number of carbonyl (C=O) groups is 2. The summed E-state index contributed by atoms with van der Waals surface area (Å²) >= 11 is 0. The molecule has 0 spiro atoms. The molecular weight excluding hydrogens is 182 g/mol. The first-order valence-corrected chi connectivity index (χ1v) is 3.93. The molecule has 4 heteroatoms. The first-order chi connectivity index (χ1) is 6.68. The van der Waals surface area contributed by atoms with Gasteiger partial charge in [0, 0.05) is 11.8 Å². The van der Waals surface area contributed by atoms with Crippen LogP contribution in [0.5, 0.6) is 0 Å². The zero-order valence-corrected chi connectivity index (χ0v) is 7.27. The van der Waals surface area contributed by atoms with E-state index in [0.29, 0.717) is 11.8 Å². The van der Waals surface area contributed by atoms with Gasteiger partial charge in [0.05, 0.1) is 5.97 Å². The molecule has 0 aliphatic rings. The van der Waals surface area contributed by atoms with Crippen molar-refractivity contribution in [3.8, 4) is 0 Å². The summed E-state index contributed by atoms with van der Waals surface area (Å²) in [6.45, 7) is 0. The van der Waals surface area contributed by atoms with Gasteiger partial charge in [-0.1, -0.05) is 18.2 Å². The van der Waals surface area contributed by atoms with Gasteiger partial charge in [0.25, 0.3) is 0 Å². The molecule has 0 heterocycles. The summed E-state index contributed by atoms with van der Waals surface area (Å²) in [5.74, 6) is -1.89. The Bertz CT molecular complexity index is 357. The zero-order chi connectivity index (χ0) is 10.4. The summed E-state index contributed by atoms with van der Waals surface area (Å²) in [4.78, 5) is 21.0. The van der Waals surface area contributed by atoms with Crippen LogP contribution >= 0.6 is 0 Å². The monoisotopic (exact) mass is 190 g/mol. The third kappa shape index (κ3) is 3.53. The van der Waals surface area contributed by atoms with Gasteiger partial charge in [-0.25, -0.2) is 0 Å². The molecular formula is C10H8NO3-. The Morgan fingerprint density at radius 3 is 2.36 bits per heavy atom. The van der Waals surface area contributed by atoms with Gasteiger partial charge in [-0.05, 0) is 18.2 Å². The third-order valence-electron chi connectivity index (χ3n) is 1.41. The maximum absolute atomic E-state index is 11.0. The number of hydrogen-bond acceptors (Lipinski definition) is 3. The maximum Gasteiger partial charge on any atom is 0.248 e. The van der Waals surface area contributed by atoms with Crippen LogP contribution in [0.2, 0.25) is 0 Å². The van der Waals surface area contributed by atoms with Gasteiger partial charge in [0.15, 0.2) is 0 Å². The molecule has 1 amide bonds. The fourth-order valence-corrected chi connectivity index (χ4v) is 0.849. The van der Waals surface area contributed by atoms with Crippen molar-refractivity contribution in [1.82, 2.24) is 0 Å². The van der Waals surface area contributed by atoms with Gasteiger partial charge in [-0.2, -0.15) is 0 Å². The minimum Gasteiger partial charge on any atom is -0.545 e. The SMILES string of the molecule is O=C([O-])C=CC(=O)Nc1ccccc1. The molecule has 14 heavy (non-hydrogen) atoms. The zero-order valence-electron chi connectivity index (χ0n) is 7.27. The molecule has 0 saturated heterocycles. The standard InChI is InChI=1S/C10H9NO3/c12-9(6-7-10(13)14)11-8-4-2-1-3-5-8/h1-7H,(H,11,12)(H,13,14)/p-1. The lowest BCUT2D eigenvalue weighted by atomic mass is 10.3. The van der Waals surface area contributed by atoms with Crippen molar-refractivity contribution in [2.75, 3.05) is 5.32 Å². The average Bonchev–Trinajstić information content (AvgIpc) is 2.16. The summed E-state index contributed by atoms with van der Waals surface area (Å²) in [6, 6.07) is 8.73. The van der Waals surface area contributed by atoms with Crippen molar-refractivity contribution in [2.45, 2.75) is 0 Å². The van der Waals surface area contributed by atoms with Crippen LogP contribution in [0.15, 0.2) is 42.5 Å². The number of aliphatic carboxylic acids is 1. The molecule has 1 aromatic carbocycles. The van der Waals surface area contributed by atoms with Gasteiger partial charge in [-0.3, -0.25) is 4.79 Å². The predicted molar refractivity (Wildman–Crippen MR) is 49.2 cm³/mol. The van der Waals surface area contributed by atoms with Crippen LogP contribution in [-0.4, -0.2) is 11.9 Å². The number of nitrogens with one attached hydrogen (secondary N) is 1.